The molecule has 0 saturated carbocycles. The van der Waals surface area contributed by atoms with Gasteiger partial charge in [0.2, 0.25) is 5.91 Å². The van der Waals surface area contributed by atoms with E-state index in [-0.39, 0.29) is 17.9 Å². The van der Waals surface area contributed by atoms with Gasteiger partial charge in [-0.1, -0.05) is 6.07 Å². The lowest BCUT2D eigenvalue weighted by Crippen LogP contribution is -2.33. The maximum Gasteiger partial charge on any atom is 0.261 e. The Bertz CT molecular complexity index is 347. The van der Waals surface area contributed by atoms with Crippen molar-refractivity contribution in [2.45, 2.75) is 26.3 Å². The minimum atomic E-state index is -0.118. The van der Waals surface area contributed by atoms with Crippen LogP contribution in [0.2, 0.25) is 0 Å². The Hall–Kier alpha value is -1.36. The van der Waals surface area contributed by atoms with Crippen LogP contribution in [0.5, 0.6) is 0 Å². The number of hydrogen-bond acceptors (Lipinski definition) is 3. The van der Waals surface area contributed by atoms with Gasteiger partial charge in [-0.3, -0.25) is 9.59 Å². The summed E-state index contributed by atoms with van der Waals surface area (Å²) in [7, 11) is 0. The van der Waals surface area contributed by atoms with Crippen LogP contribution in [0.1, 0.15) is 29.9 Å². The second-order valence-corrected chi connectivity index (χ2v) is 4.65. The van der Waals surface area contributed by atoms with Gasteiger partial charge in [0.1, 0.15) is 0 Å². The van der Waals surface area contributed by atoms with Gasteiger partial charge < -0.3 is 10.6 Å². The number of rotatable bonds is 5. The van der Waals surface area contributed by atoms with E-state index in [4.69, 9.17) is 0 Å². The van der Waals surface area contributed by atoms with Crippen LogP contribution < -0.4 is 10.6 Å². The lowest BCUT2D eigenvalue weighted by Gasteiger charge is -2.08. The lowest BCUT2D eigenvalue weighted by atomic mass is 10.3. The fraction of sp³-hybridized carbons (Fsp3) is 0.455. The minimum absolute atomic E-state index is 0.0403. The fourth-order valence-corrected chi connectivity index (χ4v) is 1.82. The van der Waals surface area contributed by atoms with Gasteiger partial charge in [-0.05, 0) is 25.3 Å². The highest BCUT2D eigenvalue weighted by Crippen LogP contribution is 2.07. The smallest absolute Gasteiger partial charge is 0.261 e. The number of amides is 2. The van der Waals surface area contributed by atoms with Crippen molar-refractivity contribution in [2.75, 3.05) is 6.54 Å². The summed E-state index contributed by atoms with van der Waals surface area (Å²) in [6.45, 7) is 4.18. The van der Waals surface area contributed by atoms with Gasteiger partial charge in [0.15, 0.2) is 0 Å². The predicted octanol–water partition coefficient (Wildman–Crippen LogP) is 1.39. The van der Waals surface area contributed by atoms with Crippen molar-refractivity contribution in [3.63, 3.8) is 0 Å². The summed E-state index contributed by atoms with van der Waals surface area (Å²) in [4.78, 5) is 23.4. The number of hydrogen-bond donors (Lipinski definition) is 2. The van der Waals surface area contributed by atoms with Crippen molar-refractivity contribution in [3.05, 3.63) is 22.4 Å². The van der Waals surface area contributed by atoms with E-state index in [1.807, 2.05) is 25.3 Å². The largest absolute Gasteiger partial charge is 0.354 e. The number of carbonyl (C=O) groups is 2. The third-order valence-corrected chi connectivity index (χ3v) is 2.70. The monoisotopic (exact) mass is 240 g/mol. The highest BCUT2D eigenvalue weighted by molar-refractivity contribution is 7.12. The molecular formula is C11H16N2O2S. The van der Waals surface area contributed by atoms with Crippen LogP contribution in [0.15, 0.2) is 17.5 Å². The molecule has 16 heavy (non-hydrogen) atoms. The average Bonchev–Trinajstić information content (AvgIpc) is 2.68. The maximum atomic E-state index is 11.5. The van der Waals surface area contributed by atoms with Crippen molar-refractivity contribution in [1.29, 1.82) is 0 Å². The highest BCUT2D eigenvalue weighted by atomic mass is 32.1. The first-order valence-corrected chi connectivity index (χ1v) is 6.08. The van der Waals surface area contributed by atoms with E-state index in [0.29, 0.717) is 17.8 Å². The molecule has 0 aromatic carbocycles. The zero-order chi connectivity index (χ0) is 12.0. The maximum absolute atomic E-state index is 11.5. The molecule has 1 aromatic heterocycles. The van der Waals surface area contributed by atoms with Gasteiger partial charge in [-0.2, -0.15) is 0 Å². The van der Waals surface area contributed by atoms with Gasteiger partial charge in [0.05, 0.1) is 4.88 Å². The van der Waals surface area contributed by atoms with Crippen LogP contribution in [0.4, 0.5) is 0 Å². The zero-order valence-corrected chi connectivity index (χ0v) is 10.3. The Kier molecular flexibility index (Phi) is 4.98. The van der Waals surface area contributed by atoms with Gasteiger partial charge in [0, 0.05) is 19.0 Å². The van der Waals surface area contributed by atoms with E-state index in [2.05, 4.69) is 10.6 Å². The topological polar surface area (TPSA) is 58.2 Å². The first-order valence-electron chi connectivity index (χ1n) is 5.20. The van der Waals surface area contributed by atoms with Crippen LogP contribution in [0, 0.1) is 0 Å². The Balaban J connectivity index is 2.21. The van der Waals surface area contributed by atoms with Crippen molar-refractivity contribution >= 4 is 23.2 Å². The SMILES string of the molecule is CC(C)NC(=O)CCNC(=O)c1cccs1. The normalized spacial score (nSPS) is 10.2. The molecule has 0 unspecified atom stereocenters. The van der Waals surface area contributed by atoms with Gasteiger partial charge in [-0.15, -0.1) is 11.3 Å². The third kappa shape index (κ3) is 4.44. The van der Waals surface area contributed by atoms with E-state index in [0.717, 1.165) is 0 Å². The molecule has 5 heteroatoms. The van der Waals surface area contributed by atoms with Crippen LogP contribution >= 0.6 is 11.3 Å². The summed E-state index contributed by atoms with van der Waals surface area (Å²) < 4.78 is 0. The highest BCUT2D eigenvalue weighted by Gasteiger charge is 2.07. The number of carbonyl (C=O) groups excluding carboxylic acids is 2. The zero-order valence-electron chi connectivity index (χ0n) is 9.45. The quantitative estimate of drug-likeness (QED) is 0.817. The Labute approximate surface area is 99.0 Å². The van der Waals surface area contributed by atoms with Crippen LogP contribution in [-0.2, 0) is 4.79 Å². The second-order valence-electron chi connectivity index (χ2n) is 3.71. The second kappa shape index (κ2) is 6.27. The summed E-state index contributed by atoms with van der Waals surface area (Å²) in [6.07, 6.45) is 0.315. The van der Waals surface area contributed by atoms with Crippen LogP contribution in [0.25, 0.3) is 0 Å². The molecule has 0 spiro atoms. The molecule has 1 heterocycles. The van der Waals surface area contributed by atoms with Crippen molar-refractivity contribution < 1.29 is 9.59 Å². The first-order chi connectivity index (χ1) is 7.59. The Morgan fingerprint density at radius 3 is 2.75 bits per heavy atom. The van der Waals surface area contributed by atoms with Gasteiger partial charge in [-0.25, -0.2) is 0 Å². The van der Waals surface area contributed by atoms with E-state index >= 15 is 0 Å². The number of nitrogens with one attached hydrogen (secondary N) is 2. The number of thiophene rings is 1. The molecule has 1 aromatic rings. The lowest BCUT2D eigenvalue weighted by molar-refractivity contribution is -0.121. The van der Waals surface area contributed by atoms with E-state index in [9.17, 15) is 9.59 Å². The molecule has 1 rings (SSSR count). The summed E-state index contributed by atoms with van der Waals surface area (Å²) in [6, 6.07) is 3.72. The molecule has 2 N–H and O–H groups in total. The molecule has 0 radical (unpaired) electrons. The molecule has 0 aliphatic heterocycles. The first kappa shape index (κ1) is 12.7. The Morgan fingerprint density at radius 2 is 2.19 bits per heavy atom. The fourth-order valence-electron chi connectivity index (χ4n) is 1.18. The van der Waals surface area contributed by atoms with E-state index in [1.54, 1.807) is 6.07 Å². The van der Waals surface area contributed by atoms with Gasteiger partial charge in [0.25, 0.3) is 5.91 Å². The van der Waals surface area contributed by atoms with Crippen molar-refractivity contribution in [2.24, 2.45) is 0 Å². The standard InChI is InChI=1S/C11H16N2O2S/c1-8(2)13-10(14)5-6-12-11(15)9-4-3-7-16-9/h3-4,7-8H,5-6H2,1-2H3,(H,12,15)(H,13,14). The summed E-state index contributed by atoms with van der Waals surface area (Å²) >= 11 is 1.39. The molecule has 0 fully saturated rings. The third-order valence-electron chi connectivity index (χ3n) is 1.83. The van der Waals surface area contributed by atoms with Gasteiger partial charge >= 0.3 is 0 Å². The summed E-state index contributed by atoms with van der Waals surface area (Å²) in [5.74, 6) is -0.158. The minimum Gasteiger partial charge on any atom is -0.354 e. The molecular weight excluding hydrogens is 224 g/mol. The molecule has 0 saturated heterocycles. The van der Waals surface area contributed by atoms with E-state index in [1.165, 1.54) is 11.3 Å². The van der Waals surface area contributed by atoms with Crippen LogP contribution in [-0.4, -0.2) is 24.4 Å². The molecule has 2 amide bonds. The summed E-state index contributed by atoms with van der Waals surface area (Å²) in [5.41, 5.74) is 0. The molecule has 4 nitrogen and oxygen atoms in total. The Morgan fingerprint density at radius 1 is 1.44 bits per heavy atom. The average molecular weight is 240 g/mol. The van der Waals surface area contributed by atoms with Crippen molar-refractivity contribution in [3.8, 4) is 0 Å². The summed E-state index contributed by atoms with van der Waals surface area (Å²) in [5, 5.41) is 7.31. The molecule has 88 valence electrons. The predicted molar refractivity (Wildman–Crippen MR) is 64.5 cm³/mol. The van der Waals surface area contributed by atoms with Crippen LogP contribution in [0.3, 0.4) is 0 Å². The molecule has 0 aliphatic carbocycles. The molecule has 0 bridgehead atoms. The molecule has 0 aliphatic rings. The van der Waals surface area contributed by atoms with Crippen molar-refractivity contribution in [1.82, 2.24) is 10.6 Å². The molecule has 0 atom stereocenters. The van der Waals surface area contributed by atoms with E-state index < -0.39 is 0 Å².